The van der Waals surface area contributed by atoms with Crippen LogP contribution in [0.1, 0.15) is 19.8 Å². The zero-order chi connectivity index (χ0) is 12.8. The van der Waals surface area contributed by atoms with Crippen LogP contribution in [0.25, 0.3) is 0 Å². The standard InChI is InChI=1S/C12H16BrNO2S/c1-3-7-11-10(4-2)12(15)14(17(11)16)9-6-5-8-13/h3-4,7H,2,5-6,8-9H2,1H3/b7-3-. The fourth-order valence-electron chi connectivity index (χ4n) is 1.55. The maximum atomic E-state index is 12.1. The van der Waals surface area contributed by atoms with Gasteiger partial charge in [-0.1, -0.05) is 34.7 Å². The average Bonchev–Trinajstić information content (AvgIpc) is 2.54. The van der Waals surface area contributed by atoms with Gasteiger partial charge in [-0.05, 0) is 25.8 Å². The number of allylic oxidation sites excluding steroid dienone is 2. The molecule has 17 heavy (non-hydrogen) atoms. The fourth-order valence-corrected chi connectivity index (χ4v) is 3.34. The Morgan fingerprint density at radius 1 is 1.47 bits per heavy atom. The number of carbonyl (C=O) groups is 1. The van der Waals surface area contributed by atoms with E-state index in [-0.39, 0.29) is 5.91 Å². The smallest absolute Gasteiger partial charge is 0.267 e. The lowest BCUT2D eigenvalue weighted by Crippen LogP contribution is -2.28. The summed E-state index contributed by atoms with van der Waals surface area (Å²) >= 11 is 3.33. The van der Waals surface area contributed by atoms with Gasteiger partial charge >= 0.3 is 0 Å². The van der Waals surface area contributed by atoms with Crippen LogP contribution in [0.3, 0.4) is 0 Å². The first-order valence-electron chi connectivity index (χ1n) is 5.46. The summed E-state index contributed by atoms with van der Waals surface area (Å²) in [5.41, 5.74) is 0.459. The normalized spacial score (nSPS) is 20.7. The predicted molar refractivity (Wildman–Crippen MR) is 74.9 cm³/mol. The molecule has 3 nitrogen and oxygen atoms in total. The van der Waals surface area contributed by atoms with Gasteiger partial charge in [-0.25, -0.2) is 4.21 Å². The van der Waals surface area contributed by atoms with Crippen molar-refractivity contribution in [2.75, 3.05) is 11.9 Å². The van der Waals surface area contributed by atoms with Crippen molar-refractivity contribution in [3.8, 4) is 0 Å². The molecule has 1 aliphatic heterocycles. The SMILES string of the molecule is C=CC1=C(/C=C\C)S(=O)N(CCCCBr)C1=O. The Labute approximate surface area is 113 Å². The number of nitrogens with zero attached hydrogens (tertiary/aromatic N) is 1. The van der Waals surface area contributed by atoms with Crippen LogP contribution in [0.2, 0.25) is 0 Å². The summed E-state index contributed by atoms with van der Waals surface area (Å²) in [6.45, 7) is 5.97. The molecule has 1 atom stereocenters. The van der Waals surface area contributed by atoms with E-state index in [2.05, 4.69) is 22.5 Å². The van der Waals surface area contributed by atoms with E-state index in [4.69, 9.17) is 0 Å². The van der Waals surface area contributed by atoms with Crippen molar-refractivity contribution in [2.24, 2.45) is 0 Å². The Balaban J connectivity index is 2.85. The van der Waals surface area contributed by atoms with Gasteiger partial charge in [0.15, 0.2) is 11.0 Å². The lowest BCUT2D eigenvalue weighted by molar-refractivity contribution is -0.121. The first-order valence-corrected chi connectivity index (χ1v) is 7.69. The molecule has 1 unspecified atom stereocenters. The van der Waals surface area contributed by atoms with Crippen molar-refractivity contribution in [3.63, 3.8) is 0 Å². The van der Waals surface area contributed by atoms with E-state index in [1.54, 1.807) is 12.2 Å². The van der Waals surface area contributed by atoms with E-state index in [0.717, 1.165) is 18.2 Å². The highest BCUT2D eigenvalue weighted by molar-refractivity contribution is 9.09. The molecule has 1 rings (SSSR count). The van der Waals surface area contributed by atoms with E-state index in [1.807, 2.05) is 6.92 Å². The summed E-state index contributed by atoms with van der Waals surface area (Å²) in [7, 11) is -1.37. The van der Waals surface area contributed by atoms with Crippen molar-refractivity contribution in [1.82, 2.24) is 4.31 Å². The van der Waals surface area contributed by atoms with Gasteiger partial charge in [0.1, 0.15) is 0 Å². The topological polar surface area (TPSA) is 37.4 Å². The number of carbonyl (C=O) groups excluding carboxylic acids is 1. The van der Waals surface area contributed by atoms with Crippen LogP contribution in [0.5, 0.6) is 0 Å². The zero-order valence-corrected chi connectivity index (χ0v) is 12.2. The number of hydrogen-bond acceptors (Lipinski definition) is 2. The van der Waals surface area contributed by atoms with Gasteiger partial charge in [0.2, 0.25) is 0 Å². The molecule has 0 spiro atoms. The van der Waals surface area contributed by atoms with Crippen LogP contribution in [0.4, 0.5) is 0 Å². The summed E-state index contributed by atoms with van der Waals surface area (Å²) in [6.07, 6.45) is 6.79. The second-order valence-corrected chi connectivity index (χ2v) is 5.71. The van der Waals surface area contributed by atoms with Gasteiger partial charge in [0, 0.05) is 11.9 Å². The Hall–Kier alpha value is -0.680. The summed E-state index contributed by atoms with van der Waals surface area (Å²) in [5, 5.41) is 0.894. The quantitative estimate of drug-likeness (QED) is 0.558. The van der Waals surface area contributed by atoms with Gasteiger partial charge in [0.25, 0.3) is 5.91 Å². The number of unbranched alkanes of at least 4 members (excludes halogenated alkanes) is 1. The van der Waals surface area contributed by atoms with E-state index in [9.17, 15) is 9.00 Å². The highest BCUT2D eigenvalue weighted by Crippen LogP contribution is 2.26. The molecular formula is C12H16BrNO2S. The van der Waals surface area contributed by atoms with Crippen LogP contribution >= 0.6 is 15.9 Å². The highest BCUT2D eigenvalue weighted by Gasteiger charge is 2.33. The van der Waals surface area contributed by atoms with Gasteiger partial charge in [0.05, 0.1) is 10.5 Å². The molecular weight excluding hydrogens is 302 g/mol. The molecule has 0 aromatic rings. The third kappa shape index (κ3) is 3.16. The highest BCUT2D eigenvalue weighted by atomic mass is 79.9. The van der Waals surface area contributed by atoms with Crippen LogP contribution in [0.15, 0.2) is 35.3 Å². The van der Waals surface area contributed by atoms with Crippen LogP contribution < -0.4 is 0 Å². The first kappa shape index (κ1) is 14.4. The van der Waals surface area contributed by atoms with Crippen molar-refractivity contribution in [1.29, 1.82) is 0 Å². The molecule has 0 saturated heterocycles. The molecule has 5 heteroatoms. The second kappa shape index (κ2) is 6.91. The molecule has 0 aromatic carbocycles. The molecule has 0 aliphatic carbocycles. The third-order valence-electron chi connectivity index (χ3n) is 2.38. The van der Waals surface area contributed by atoms with Crippen molar-refractivity contribution in [2.45, 2.75) is 19.8 Å². The van der Waals surface area contributed by atoms with Crippen LogP contribution in [-0.4, -0.2) is 26.3 Å². The van der Waals surface area contributed by atoms with Gasteiger partial charge in [-0.15, -0.1) is 0 Å². The molecule has 0 aromatic heterocycles. The number of amides is 1. The number of halogens is 1. The Morgan fingerprint density at radius 3 is 2.71 bits per heavy atom. The molecule has 0 bridgehead atoms. The van der Waals surface area contributed by atoms with E-state index >= 15 is 0 Å². The van der Waals surface area contributed by atoms with Crippen LogP contribution in [0, 0.1) is 0 Å². The minimum Gasteiger partial charge on any atom is -0.268 e. The Morgan fingerprint density at radius 2 is 2.18 bits per heavy atom. The maximum Gasteiger partial charge on any atom is 0.267 e. The number of hydrogen-bond donors (Lipinski definition) is 0. The predicted octanol–water partition coefficient (Wildman–Crippen LogP) is 2.68. The minimum atomic E-state index is -1.37. The summed E-state index contributed by atoms with van der Waals surface area (Å²) in [4.78, 5) is 12.5. The summed E-state index contributed by atoms with van der Waals surface area (Å²) in [5.74, 6) is -0.180. The monoisotopic (exact) mass is 317 g/mol. The molecule has 94 valence electrons. The molecule has 0 fully saturated rings. The van der Waals surface area contributed by atoms with Gasteiger partial charge in [-0.2, -0.15) is 0 Å². The molecule has 0 saturated carbocycles. The van der Waals surface area contributed by atoms with Crippen LogP contribution in [-0.2, 0) is 15.8 Å². The van der Waals surface area contributed by atoms with Crippen molar-refractivity contribution >= 4 is 32.8 Å². The van der Waals surface area contributed by atoms with E-state index in [1.165, 1.54) is 10.4 Å². The van der Waals surface area contributed by atoms with E-state index in [0.29, 0.717) is 17.0 Å². The molecule has 0 radical (unpaired) electrons. The number of rotatable bonds is 6. The average molecular weight is 318 g/mol. The Kier molecular flexibility index (Phi) is 5.85. The second-order valence-electron chi connectivity index (χ2n) is 3.53. The van der Waals surface area contributed by atoms with Crippen molar-refractivity contribution in [3.05, 3.63) is 35.3 Å². The largest absolute Gasteiger partial charge is 0.268 e. The summed E-state index contributed by atoms with van der Waals surface area (Å²) < 4.78 is 13.5. The van der Waals surface area contributed by atoms with Gasteiger partial charge in [-0.3, -0.25) is 9.10 Å². The van der Waals surface area contributed by atoms with Crippen molar-refractivity contribution < 1.29 is 9.00 Å². The maximum absolute atomic E-state index is 12.1. The molecule has 1 aliphatic rings. The van der Waals surface area contributed by atoms with E-state index < -0.39 is 11.0 Å². The molecule has 0 N–H and O–H groups in total. The molecule has 1 heterocycles. The Bertz CT molecular complexity index is 401. The van der Waals surface area contributed by atoms with Gasteiger partial charge < -0.3 is 0 Å². The summed E-state index contributed by atoms with van der Waals surface area (Å²) in [6, 6.07) is 0. The third-order valence-corrected chi connectivity index (χ3v) is 4.42. The first-order chi connectivity index (χ1) is 8.17. The molecule has 1 amide bonds. The lowest BCUT2D eigenvalue weighted by atomic mass is 10.2. The number of alkyl halides is 1. The zero-order valence-electron chi connectivity index (χ0n) is 9.82. The lowest BCUT2D eigenvalue weighted by Gasteiger charge is -2.14. The fraction of sp³-hybridized carbons (Fsp3) is 0.417. The minimum absolute atomic E-state index is 0.180.